The molecule has 2 heterocycles. The summed E-state index contributed by atoms with van der Waals surface area (Å²) >= 11 is 0. The monoisotopic (exact) mass is 690 g/mol. The van der Waals surface area contributed by atoms with Crippen molar-refractivity contribution in [1.29, 1.82) is 0 Å². The molecule has 3 aromatic carbocycles. The zero-order valence-electron chi connectivity index (χ0n) is 28.5. The van der Waals surface area contributed by atoms with Crippen LogP contribution < -0.4 is 9.80 Å². The van der Waals surface area contributed by atoms with Gasteiger partial charge in [0.2, 0.25) is 23.6 Å². The molecule has 0 spiro atoms. The maximum absolute atomic E-state index is 13.9. The van der Waals surface area contributed by atoms with Gasteiger partial charge in [-0.1, -0.05) is 72.5 Å². The fourth-order valence-corrected chi connectivity index (χ4v) is 7.47. The van der Waals surface area contributed by atoms with E-state index in [1.54, 1.807) is 50.5 Å². The van der Waals surface area contributed by atoms with E-state index in [2.05, 4.69) is 23.7 Å². The standard InChI is InChI=1S/C42H34N4O6/c1-43(35(47)25-19-27-11-5-3-6-12-27)33-17-9-15-31-37(33)41(51)45(39(31)49)29-21-23-30(24-22-29)46-40(50)32-16-10-18-34(38(32)42(46)52)44(2)36(48)26-20-28-13-7-4-8-14-28/h3-14,17-18,21-24,31-34,37-38H,15-16H2,1-2H3/t31-,32-,33+,34+,37-,38-/m0/s1. The minimum Gasteiger partial charge on any atom is -0.328 e. The molecule has 52 heavy (non-hydrogen) atoms. The Balaban J connectivity index is 1.07. The van der Waals surface area contributed by atoms with Crippen molar-refractivity contribution in [3.8, 4) is 23.7 Å². The molecule has 2 saturated heterocycles. The van der Waals surface area contributed by atoms with Crippen LogP contribution in [0, 0.1) is 47.4 Å². The Labute approximate surface area is 301 Å². The predicted molar refractivity (Wildman–Crippen MR) is 193 cm³/mol. The summed E-state index contributed by atoms with van der Waals surface area (Å²) in [5.41, 5.74) is 1.95. The topological polar surface area (TPSA) is 115 Å². The van der Waals surface area contributed by atoms with Crippen LogP contribution in [0.4, 0.5) is 11.4 Å². The van der Waals surface area contributed by atoms with E-state index in [-0.39, 0.29) is 11.8 Å². The maximum atomic E-state index is 13.9. The van der Waals surface area contributed by atoms with Gasteiger partial charge in [0.15, 0.2) is 0 Å². The smallest absolute Gasteiger partial charge is 0.299 e. The fourth-order valence-electron chi connectivity index (χ4n) is 7.47. The average molecular weight is 691 g/mol. The number of nitrogens with zero attached hydrogens (tertiary/aromatic N) is 4. The van der Waals surface area contributed by atoms with E-state index in [0.29, 0.717) is 35.3 Å². The molecule has 0 unspecified atom stereocenters. The lowest BCUT2D eigenvalue weighted by molar-refractivity contribution is -0.130. The first-order valence-electron chi connectivity index (χ1n) is 17.0. The summed E-state index contributed by atoms with van der Waals surface area (Å²) in [5, 5.41) is 0. The van der Waals surface area contributed by atoms with E-state index >= 15 is 0 Å². The van der Waals surface area contributed by atoms with Crippen molar-refractivity contribution in [2.24, 2.45) is 23.7 Å². The van der Waals surface area contributed by atoms with Crippen molar-refractivity contribution in [3.05, 3.63) is 120 Å². The van der Waals surface area contributed by atoms with Gasteiger partial charge in [-0.2, -0.15) is 0 Å². The van der Waals surface area contributed by atoms with Crippen LogP contribution in [-0.2, 0) is 28.8 Å². The second-order valence-corrected chi connectivity index (χ2v) is 13.2. The highest BCUT2D eigenvalue weighted by molar-refractivity contribution is 6.24. The van der Waals surface area contributed by atoms with Crippen LogP contribution in [0.5, 0.6) is 0 Å². The quantitative estimate of drug-likeness (QED) is 0.235. The lowest BCUT2D eigenvalue weighted by Crippen LogP contribution is -2.46. The van der Waals surface area contributed by atoms with Crippen LogP contribution in [0.15, 0.2) is 109 Å². The van der Waals surface area contributed by atoms with Crippen molar-refractivity contribution in [2.75, 3.05) is 23.9 Å². The van der Waals surface area contributed by atoms with Gasteiger partial charge in [-0.3, -0.25) is 28.8 Å². The number of anilines is 2. The Morgan fingerprint density at radius 2 is 0.923 bits per heavy atom. The zero-order chi connectivity index (χ0) is 36.5. The van der Waals surface area contributed by atoms with Crippen LogP contribution in [0.2, 0.25) is 0 Å². The molecule has 258 valence electrons. The van der Waals surface area contributed by atoms with E-state index in [4.69, 9.17) is 0 Å². The molecule has 0 saturated carbocycles. The van der Waals surface area contributed by atoms with E-state index in [9.17, 15) is 28.8 Å². The summed E-state index contributed by atoms with van der Waals surface area (Å²) in [7, 11) is 3.14. The number of hydrogen-bond acceptors (Lipinski definition) is 6. The second-order valence-electron chi connectivity index (χ2n) is 13.2. The highest BCUT2D eigenvalue weighted by Crippen LogP contribution is 2.42. The van der Waals surface area contributed by atoms with Gasteiger partial charge in [-0.15, -0.1) is 0 Å². The predicted octanol–water partition coefficient (Wildman–Crippen LogP) is 3.58. The van der Waals surface area contributed by atoms with Crippen LogP contribution in [0.25, 0.3) is 0 Å². The molecular formula is C42H34N4O6. The molecule has 2 aliphatic heterocycles. The highest BCUT2D eigenvalue weighted by atomic mass is 16.2. The summed E-state index contributed by atoms with van der Waals surface area (Å²) in [6.45, 7) is 0. The Morgan fingerprint density at radius 3 is 1.29 bits per heavy atom. The summed E-state index contributed by atoms with van der Waals surface area (Å²) in [6, 6.07) is 23.0. The molecule has 7 rings (SSSR count). The lowest BCUT2D eigenvalue weighted by atomic mass is 9.81. The number of imide groups is 2. The van der Waals surface area contributed by atoms with Crippen molar-refractivity contribution in [3.63, 3.8) is 0 Å². The van der Waals surface area contributed by atoms with Crippen LogP contribution >= 0.6 is 0 Å². The SMILES string of the molecule is CN(C(=O)C#Cc1ccccc1)[C@@H]1C=CC[C@@H]2C(=O)N(c3ccc(N4C(=O)[C@H]5[C@H](CC=C[C@H]5N(C)C(=O)C#Cc5ccccc5)C4=O)cc3)C(=O)[C@@H]21. The number of amides is 6. The number of fused-ring (bicyclic) bond motifs is 2. The van der Waals surface area contributed by atoms with Gasteiger partial charge in [-0.25, -0.2) is 9.80 Å². The van der Waals surface area contributed by atoms with Gasteiger partial charge in [0, 0.05) is 37.1 Å². The molecule has 4 aliphatic rings. The van der Waals surface area contributed by atoms with Crippen LogP contribution in [0.3, 0.4) is 0 Å². The van der Waals surface area contributed by atoms with Gasteiger partial charge < -0.3 is 9.80 Å². The number of hydrogen-bond donors (Lipinski definition) is 0. The lowest BCUT2D eigenvalue weighted by Gasteiger charge is -2.32. The van der Waals surface area contributed by atoms with Crippen LogP contribution in [0.1, 0.15) is 24.0 Å². The molecule has 3 aromatic rings. The third-order valence-corrected chi connectivity index (χ3v) is 10.2. The number of benzene rings is 3. The molecule has 0 N–H and O–H groups in total. The summed E-state index contributed by atoms with van der Waals surface area (Å²) in [4.78, 5) is 86.3. The molecule has 2 aliphatic carbocycles. The number of carbonyl (C=O) groups is 6. The maximum Gasteiger partial charge on any atom is 0.299 e. The van der Waals surface area contributed by atoms with E-state index < -0.39 is 59.4 Å². The third-order valence-electron chi connectivity index (χ3n) is 10.2. The number of rotatable bonds is 4. The first kappa shape index (κ1) is 34.0. The molecular weight excluding hydrogens is 656 g/mol. The average Bonchev–Trinajstić information content (AvgIpc) is 3.60. The minimum atomic E-state index is -0.795. The largest absolute Gasteiger partial charge is 0.328 e. The second kappa shape index (κ2) is 14.0. The van der Waals surface area contributed by atoms with E-state index in [1.165, 1.54) is 34.1 Å². The van der Waals surface area contributed by atoms with Gasteiger partial charge in [-0.05, 0) is 61.4 Å². The molecule has 6 amide bonds. The van der Waals surface area contributed by atoms with Crippen molar-refractivity contribution < 1.29 is 28.8 Å². The summed E-state index contributed by atoms with van der Waals surface area (Å²) in [5.74, 6) is 5.45. The Bertz CT molecular complexity index is 2000. The van der Waals surface area contributed by atoms with Gasteiger partial charge >= 0.3 is 0 Å². The summed E-state index contributed by atoms with van der Waals surface area (Å²) in [6.07, 6.45) is 7.86. The van der Waals surface area contributed by atoms with Crippen molar-refractivity contribution >= 4 is 46.8 Å². The highest BCUT2D eigenvalue weighted by Gasteiger charge is 2.54. The van der Waals surface area contributed by atoms with Gasteiger partial charge in [0.25, 0.3) is 11.8 Å². The first-order valence-corrected chi connectivity index (χ1v) is 17.0. The summed E-state index contributed by atoms with van der Waals surface area (Å²) < 4.78 is 0. The number of likely N-dealkylation sites (N-methyl/N-ethyl adjacent to an activating group) is 2. The van der Waals surface area contributed by atoms with Crippen molar-refractivity contribution in [2.45, 2.75) is 24.9 Å². The molecule has 6 atom stereocenters. The molecule has 10 heteroatoms. The third kappa shape index (κ3) is 6.09. The molecule has 0 aromatic heterocycles. The van der Waals surface area contributed by atoms with Crippen molar-refractivity contribution in [1.82, 2.24) is 9.80 Å². The first-order chi connectivity index (χ1) is 25.2. The molecule has 2 fully saturated rings. The normalized spacial score (nSPS) is 24.3. The molecule has 0 radical (unpaired) electrons. The fraction of sp³-hybridized carbons (Fsp3) is 0.238. The molecule has 0 bridgehead atoms. The number of allylic oxidation sites excluding steroid dienone is 2. The Hall–Kier alpha value is -6.52. The van der Waals surface area contributed by atoms with Crippen LogP contribution in [-0.4, -0.2) is 71.4 Å². The van der Waals surface area contributed by atoms with Gasteiger partial charge in [0.05, 0.1) is 47.1 Å². The Kier molecular flexibility index (Phi) is 9.15. The Morgan fingerprint density at radius 1 is 0.558 bits per heavy atom. The minimum absolute atomic E-state index is 0.295. The van der Waals surface area contributed by atoms with E-state index in [1.807, 2.05) is 48.6 Å². The number of carbonyl (C=O) groups excluding carboxylic acids is 6. The van der Waals surface area contributed by atoms with E-state index in [0.717, 1.165) is 9.80 Å². The zero-order valence-corrected chi connectivity index (χ0v) is 28.5. The van der Waals surface area contributed by atoms with Gasteiger partial charge in [0.1, 0.15) is 0 Å². The molecule has 10 nitrogen and oxygen atoms in total.